The first-order valence-corrected chi connectivity index (χ1v) is 6.86. The molecule has 1 aliphatic rings. The summed E-state index contributed by atoms with van der Waals surface area (Å²) in [4.78, 5) is 13.9. The van der Waals surface area contributed by atoms with Crippen LogP contribution in [0.4, 0.5) is 0 Å². The number of carbonyl (C=O) groups excluding carboxylic acids is 1. The lowest BCUT2D eigenvalue weighted by Gasteiger charge is -2.22. The van der Waals surface area contributed by atoms with Crippen molar-refractivity contribution in [1.82, 2.24) is 4.90 Å². The molecule has 0 N–H and O–H groups in total. The van der Waals surface area contributed by atoms with Crippen LogP contribution in [0.25, 0.3) is 0 Å². The van der Waals surface area contributed by atoms with Gasteiger partial charge in [0.05, 0.1) is 12.5 Å². The summed E-state index contributed by atoms with van der Waals surface area (Å²) in [5.41, 5.74) is 1.00. The van der Waals surface area contributed by atoms with Crippen LogP contribution in [0.2, 0.25) is 0 Å². The van der Waals surface area contributed by atoms with Crippen molar-refractivity contribution in [2.24, 2.45) is 5.41 Å². The first-order valence-electron chi connectivity index (χ1n) is 6.07. The fourth-order valence-corrected chi connectivity index (χ4v) is 2.76. The van der Waals surface area contributed by atoms with Crippen LogP contribution in [-0.4, -0.2) is 31.6 Å². The van der Waals surface area contributed by atoms with Gasteiger partial charge in [-0.1, -0.05) is 28.1 Å². The normalized spacial score (nSPS) is 16.7. The maximum atomic E-state index is 11.7. The van der Waals surface area contributed by atoms with Crippen LogP contribution in [0.5, 0.6) is 0 Å². The predicted octanol–water partition coefficient (Wildman–Crippen LogP) is 2.83. The maximum Gasteiger partial charge on any atom is 0.313 e. The van der Waals surface area contributed by atoms with Crippen molar-refractivity contribution in [3.63, 3.8) is 0 Å². The molecule has 1 fully saturated rings. The number of ether oxygens (including phenoxy) is 1. The molecule has 0 aromatic heterocycles. The Morgan fingerprint density at radius 3 is 2.78 bits per heavy atom. The second kappa shape index (κ2) is 5.41. The van der Waals surface area contributed by atoms with Crippen molar-refractivity contribution < 1.29 is 9.53 Å². The summed E-state index contributed by atoms with van der Waals surface area (Å²) in [5.74, 6) is -0.0661. The van der Waals surface area contributed by atoms with Gasteiger partial charge in [0.25, 0.3) is 0 Å². The topological polar surface area (TPSA) is 29.5 Å². The molecular formula is C14H18BrNO2. The van der Waals surface area contributed by atoms with Crippen molar-refractivity contribution in [1.29, 1.82) is 0 Å². The van der Waals surface area contributed by atoms with E-state index in [4.69, 9.17) is 4.74 Å². The Hall–Kier alpha value is -0.870. The van der Waals surface area contributed by atoms with E-state index in [9.17, 15) is 4.79 Å². The molecule has 0 bridgehead atoms. The summed E-state index contributed by atoms with van der Waals surface area (Å²) in [7, 11) is 3.51. The Kier molecular flexibility index (Phi) is 4.07. The minimum absolute atomic E-state index is 0.0661. The molecule has 0 unspecified atom stereocenters. The van der Waals surface area contributed by atoms with Crippen molar-refractivity contribution in [2.45, 2.75) is 19.4 Å². The molecule has 0 saturated heterocycles. The molecule has 0 heterocycles. The molecule has 0 amide bonds. The summed E-state index contributed by atoms with van der Waals surface area (Å²) in [6.45, 7) is 1.62. The Bertz CT molecular complexity index is 443. The number of halogens is 1. The average Bonchev–Trinajstić information content (AvgIpc) is 3.08. The molecule has 1 aromatic carbocycles. The quantitative estimate of drug-likeness (QED) is 0.783. The van der Waals surface area contributed by atoms with Gasteiger partial charge < -0.3 is 9.64 Å². The minimum Gasteiger partial charge on any atom is -0.469 e. The van der Waals surface area contributed by atoms with Crippen molar-refractivity contribution in [3.05, 3.63) is 34.3 Å². The highest BCUT2D eigenvalue weighted by atomic mass is 79.9. The highest BCUT2D eigenvalue weighted by Gasteiger charge is 2.51. The molecule has 0 atom stereocenters. The van der Waals surface area contributed by atoms with Gasteiger partial charge >= 0.3 is 5.97 Å². The molecule has 4 heteroatoms. The summed E-state index contributed by atoms with van der Waals surface area (Å²) in [6.07, 6.45) is 1.89. The van der Waals surface area contributed by atoms with Gasteiger partial charge in [-0.2, -0.15) is 0 Å². The lowest BCUT2D eigenvalue weighted by molar-refractivity contribution is -0.147. The summed E-state index contributed by atoms with van der Waals surface area (Å²) < 4.78 is 5.96. The minimum atomic E-state index is -0.241. The lowest BCUT2D eigenvalue weighted by Crippen LogP contribution is -2.32. The fraction of sp³-hybridized carbons (Fsp3) is 0.500. The third-order valence-electron chi connectivity index (χ3n) is 3.39. The number of hydrogen-bond acceptors (Lipinski definition) is 3. The monoisotopic (exact) mass is 311 g/mol. The standard InChI is InChI=1S/C14H18BrNO2/c1-16(9-11-4-3-5-12(15)8-11)10-14(6-7-14)13(17)18-2/h3-5,8H,6-7,9-10H2,1-2H3. The number of rotatable bonds is 5. The molecule has 1 aliphatic carbocycles. The van der Waals surface area contributed by atoms with Crippen LogP contribution in [0.3, 0.4) is 0 Å². The predicted molar refractivity (Wildman–Crippen MR) is 74.2 cm³/mol. The zero-order valence-corrected chi connectivity index (χ0v) is 12.4. The van der Waals surface area contributed by atoms with E-state index in [1.807, 2.05) is 19.2 Å². The van der Waals surface area contributed by atoms with Crippen LogP contribution in [0.15, 0.2) is 28.7 Å². The molecule has 18 heavy (non-hydrogen) atoms. The molecule has 0 spiro atoms. The van der Waals surface area contributed by atoms with E-state index in [1.165, 1.54) is 12.7 Å². The lowest BCUT2D eigenvalue weighted by atomic mass is 10.1. The zero-order chi connectivity index (χ0) is 13.2. The average molecular weight is 312 g/mol. The highest BCUT2D eigenvalue weighted by Crippen LogP contribution is 2.47. The van der Waals surface area contributed by atoms with Crippen LogP contribution in [0, 0.1) is 5.41 Å². The first-order chi connectivity index (χ1) is 8.55. The van der Waals surface area contributed by atoms with Gasteiger partial charge in [-0.3, -0.25) is 4.79 Å². The zero-order valence-electron chi connectivity index (χ0n) is 10.8. The van der Waals surface area contributed by atoms with E-state index in [0.29, 0.717) is 0 Å². The number of benzene rings is 1. The van der Waals surface area contributed by atoms with Gasteiger partial charge in [-0.15, -0.1) is 0 Å². The first kappa shape index (κ1) is 13.6. The molecule has 1 saturated carbocycles. The Labute approximate surface area is 116 Å². The summed E-state index contributed by atoms with van der Waals surface area (Å²) >= 11 is 3.47. The second-order valence-corrected chi connectivity index (χ2v) is 5.99. The Morgan fingerprint density at radius 2 is 2.22 bits per heavy atom. The largest absolute Gasteiger partial charge is 0.469 e. The van der Waals surface area contributed by atoms with Gasteiger partial charge in [0.2, 0.25) is 0 Å². The van der Waals surface area contributed by atoms with E-state index >= 15 is 0 Å². The Balaban J connectivity index is 1.93. The number of esters is 1. The molecule has 2 rings (SSSR count). The van der Waals surface area contributed by atoms with Crippen LogP contribution < -0.4 is 0 Å². The number of hydrogen-bond donors (Lipinski definition) is 0. The third kappa shape index (κ3) is 3.12. The van der Waals surface area contributed by atoms with Gasteiger partial charge in [0.1, 0.15) is 0 Å². The van der Waals surface area contributed by atoms with E-state index in [2.05, 4.69) is 33.0 Å². The smallest absolute Gasteiger partial charge is 0.313 e. The van der Waals surface area contributed by atoms with E-state index < -0.39 is 0 Å². The number of methoxy groups -OCH3 is 1. The molecule has 3 nitrogen and oxygen atoms in total. The molecule has 1 aromatic rings. The molecule has 0 radical (unpaired) electrons. The third-order valence-corrected chi connectivity index (χ3v) is 3.88. The van der Waals surface area contributed by atoms with Gasteiger partial charge in [0, 0.05) is 17.6 Å². The van der Waals surface area contributed by atoms with Gasteiger partial charge in [-0.25, -0.2) is 0 Å². The van der Waals surface area contributed by atoms with Crippen molar-refractivity contribution >= 4 is 21.9 Å². The Morgan fingerprint density at radius 1 is 1.50 bits per heavy atom. The van der Waals surface area contributed by atoms with Crippen molar-refractivity contribution in [2.75, 3.05) is 20.7 Å². The van der Waals surface area contributed by atoms with Gasteiger partial charge in [0.15, 0.2) is 0 Å². The molecule has 98 valence electrons. The SMILES string of the molecule is COC(=O)C1(CN(C)Cc2cccc(Br)c2)CC1. The van der Waals surface area contributed by atoms with Crippen LogP contribution >= 0.6 is 15.9 Å². The number of carbonyl (C=O) groups is 1. The number of nitrogens with zero attached hydrogens (tertiary/aromatic N) is 1. The fourth-order valence-electron chi connectivity index (χ4n) is 2.31. The van der Waals surface area contributed by atoms with E-state index in [1.54, 1.807) is 0 Å². The molecular weight excluding hydrogens is 294 g/mol. The summed E-state index contributed by atoms with van der Waals surface area (Å²) in [6, 6.07) is 8.24. The maximum absolute atomic E-state index is 11.7. The van der Waals surface area contributed by atoms with E-state index in [-0.39, 0.29) is 11.4 Å². The molecule has 0 aliphatic heterocycles. The summed E-state index contributed by atoms with van der Waals surface area (Å²) in [5, 5.41) is 0. The highest BCUT2D eigenvalue weighted by molar-refractivity contribution is 9.10. The van der Waals surface area contributed by atoms with Gasteiger partial charge in [-0.05, 0) is 37.6 Å². The van der Waals surface area contributed by atoms with E-state index in [0.717, 1.165) is 30.4 Å². The van der Waals surface area contributed by atoms with Crippen molar-refractivity contribution in [3.8, 4) is 0 Å². The van der Waals surface area contributed by atoms with Crippen LogP contribution in [0.1, 0.15) is 18.4 Å². The van der Waals surface area contributed by atoms with Crippen LogP contribution in [-0.2, 0) is 16.1 Å². The second-order valence-electron chi connectivity index (χ2n) is 5.07.